The third-order valence-corrected chi connectivity index (χ3v) is 4.55. The van der Waals surface area contributed by atoms with Crippen LogP contribution in [-0.2, 0) is 4.79 Å². The molecule has 0 radical (unpaired) electrons. The summed E-state index contributed by atoms with van der Waals surface area (Å²) in [5, 5.41) is 13.6. The number of nitrogens with one attached hydrogen (secondary N) is 1. The van der Waals surface area contributed by atoms with Crippen LogP contribution in [0.25, 0.3) is 11.3 Å². The van der Waals surface area contributed by atoms with Crippen LogP contribution in [0.2, 0.25) is 0 Å². The highest BCUT2D eigenvalue weighted by molar-refractivity contribution is 8.00. The Morgan fingerprint density at radius 3 is 2.88 bits per heavy atom. The van der Waals surface area contributed by atoms with E-state index in [0.717, 1.165) is 22.8 Å². The van der Waals surface area contributed by atoms with E-state index in [-0.39, 0.29) is 11.7 Å². The van der Waals surface area contributed by atoms with Crippen molar-refractivity contribution in [1.82, 2.24) is 4.98 Å². The predicted molar refractivity (Wildman–Crippen MR) is 101 cm³/mol. The molecule has 0 aliphatic carbocycles. The third-order valence-electron chi connectivity index (χ3n) is 2.99. The molecule has 1 aromatic heterocycles. The van der Waals surface area contributed by atoms with E-state index < -0.39 is 0 Å². The number of thiazole rings is 1. The van der Waals surface area contributed by atoms with Gasteiger partial charge in [-0.1, -0.05) is 0 Å². The summed E-state index contributed by atoms with van der Waals surface area (Å²) in [5.74, 6) is 1.81. The van der Waals surface area contributed by atoms with Gasteiger partial charge in [0, 0.05) is 10.9 Å². The molecule has 0 spiro atoms. The first kappa shape index (κ1) is 19.1. The number of amides is 1. The number of nitrogens with zero attached hydrogens (tertiary/aromatic N) is 2. The molecule has 1 N–H and O–H groups in total. The number of anilines is 1. The number of aromatic nitrogens is 1. The minimum atomic E-state index is -0.172. The Balaban J connectivity index is 2.16. The number of hydrogen-bond acceptors (Lipinski definition) is 7. The van der Waals surface area contributed by atoms with Crippen LogP contribution in [0.4, 0.5) is 5.13 Å². The fourth-order valence-electron chi connectivity index (χ4n) is 2.05. The molecule has 0 atom stereocenters. The Morgan fingerprint density at radius 1 is 1.36 bits per heavy atom. The van der Waals surface area contributed by atoms with Crippen molar-refractivity contribution in [3.05, 3.63) is 23.6 Å². The zero-order valence-electron chi connectivity index (χ0n) is 14.1. The molecule has 2 rings (SSSR count). The number of carbonyl (C=O) groups is 1. The van der Waals surface area contributed by atoms with Crippen molar-refractivity contribution in [3.8, 4) is 28.8 Å². The van der Waals surface area contributed by atoms with Crippen LogP contribution in [0.5, 0.6) is 11.5 Å². The lowest BCUT2D eigenvalue weighted by molar-refractivity contribution is -0.113. The minimum Gasteiger partial charge on any atom is -0.494 e. The summed E-state index contributed by atoms with van der Waals surface area (Å²) in [6.45, 7) is 4.97. The molecular formula is C17H19N3O3S2. The van der Waals surface area contributed by atoms with E-state index in [0.29, 0.717) is 24.1 Å². The number of nitriles is 1. The van der Waals surface area contributed by atoms with E-state index in [1.54, 1.807) is 0 Å². The van der Waals surface area contributed by atoms with E-state index in [1.807, 2.05) is 43.5 Å². The van der Waals surface area contributed by atoms with Crippen LogP contribution in [0.3, 0.4) is 0 Å². The number of thioether (sulfide) groups is 1. The lowest BCUT2D eigenvalue weighted by Crippen LogP contribution is -2.14. The standard InChI is InChI=1S/C17H19N3O3S2/c1-3-22-12-5-6-15(23-4-2)13(9-12)14-10-25-17(19-14)20-16(21)11-24-8-7-18/h5-6,9-10H,3-4,8,11H2,1-2H3,(H,19,20,21). The van der Waals surface area contributed by atoms with Crippen LogP contribution < -0.4 is 14.8 Å². The molecule has 1 amide bonds. The van der Waals surface area contributed by atoms with Gasteiger partial charge in [0.2, 0.25) is 5.91 Å². The summed E-state index contributed by atoms with van der Waals surface area (Å²) in [6, 6.07) is 7.60. The first-order valence-electron chi connectivity index (χ1n) is 7.78. The van der Waals surface area contributed by atoms with Crippen LogP contribution in [0.15, 0.2) is 23.6 Å². The zero-order chi connectivity index (χ0) is 18.1. The van der Waals surface area contributed by atoms with Crippen molar-refractivity contribution < 1.29 is 14.3 Å². The van der Waals surface area contributed by atoms with Crippen molar-refractivity contribution in [2.75, 3.05) is 30.0 Å². The van der Waals surface area contributed by atoms with Crippen molar-refractivity contribution in [1.29, 1.82) is 5.26 Å². The third kappa shape index (κ3) is 5.66. The zero-order valence-corrected chi connectivity index (χ0v) is 15.7. The molecular weight excluding hydrogens is 358 g/mol. The molecule has 0 saturated carbocycles. The first-order valence-corrected chi connectivity index (χ1v) is 9.81. The number of ether oxygens (including phenoxy) is 2. The van der Waals surface area contributed by atoms with Gasteiger partial charge in [-0.2, -0.15) is 5.26 Å². The minimum absolute atomic E-state index is 0.172. The van der Waals surface area contributed by atoms with Crippen LogP contribution in [-0.4, -0.2) is 35.6 Å². The second-order valence-electron chi connectivity index (χ2n) is 4.76. The maximum absolute atomic E-state index is 11.8. The number of carbonyl (C=O) groups excluding carboxylic acids is 1. The maximum Gasteiger partial charge on any atom is 0.236 e. The summed E-state index contributed by atoms with van der Waals surface area (Å²) >= 11 is 2.61. The summed E-state index contributed by atoms with van der Waals surface area (Å²) in [7, 11) is 0. The van der Waals surface area contributed by atoms with Crippen LogP contribution in [0.1, 0.15) is 13.8 Å². The molecule has 1 aromatic carbocycles. The first-order chi connectivity index (χ1) is 12.2. The molecule has 2 aromatic rings. The maximum atomic E-state index is 11.8. The highest BCUT2D eigenvalue weighted by Crippen LogP contribution is 2.35. The number of hydrogen-bond donors (Lipinski definition) is 1. The number of rotatable bonds is 9. The van der Waals surface area contributed by atoms with E-state index in [2.05, 4.69) is 10.3 Å². The fraction of sp³-hybridized carbons (Fsp3) is 0.353. The van der Waals surface area contributed by atoms with Gasteiger partial charge in [-0.15, -0.1) is 23.1 Å². The summed E-state index contributed by atoms with van der Waals surface area (Å²) in [4.78, 5) is 16.3. The fourth-order valence-corrected chi connectivity index (χ4v) is 3.22. The van der Waals surface area contributed by atoms with Crippen molar-refractivity contribution in [3.63, 3.8) is 0 Å². The van der Waals surface area contributed by atoms with Gasteiger partial charge in [0.1, 0.15) is 11.5 Å². The molecule has 25 heavy (non-hydrogen) atoms. The van der Waals surface area contributed by atoms with Crippen LogP contribution in [0, 0.1) is 11.3 Å². The quantitative estimate of drug-likeness (QED) is 0.669. The Kier molecular flexibility index (Phi) is 7.57. The lowest BCUT2D eigenvalue weighted by atomic mass is 10.1. The molecule has 132 valence electrons. The summed E-state index contributed by atoms with van der Waals surface area (Å²) in [6.07, 6.45) is 0. The summed E-state index contributed by atoms with van der Waals surface area (Å²) in [5.41, 5.74) is 1.54. The van der Waals surface area contributed by atoms with Gasteiger partial charge in [0.05, 0.1) is 36.5 Å². The van der Waals surface area contributed by atoms with Gasteiger partial charge >= 0.3 is 0 Å². The van der Waals surface area contributed by atoms with Crippen molar-refractivity contribution >= 4 is 34.1 Å². The molecule has 0 aliphatic rings. The van der Waals surface area contributed by atoms with Gasteiger partial charge in [-0.25, -0.2) is 4.98 Å². The molecule has 0 saturated heterocycles. The van der Waals surface area contributed by atoms with Crippen LogP contribution >= 0.6 is 23.1 Å². The second-order valence-corrected chi connectivity index (χ2v) is 6.60. The Labute approximate surface area is 155 Å². The predicted octanol–water partition coefficient (Wildman–Crippen LogP) is 3.80. The largest absolute Gasteiger partial charge is 0.494 e. The van der Waals surface area contributed by atoms with Crippen molar-refractivity contribution in [2.24, 2.45) is 0 Å². The van der Waals surface area contributed by atoms with Crippen molar-refractivity contribution in [2.45, 2.75) is 13.8 Å². The molecule has 0 unspecified atom stereocenters. The van der Waals surface area contributed by atoms with Gasteiger partial charge in [0.15, 0.2) is 5.13 Å². The topological polar surface area (TPSA) is 84.2 Å². The van der Waals surface area contributed by atoms with E-state index in [4.69, 9.17) is 14.7 Å². The van der Waals surface area contributed by atoms with Gasteiger partial charge < -0.3 is 14.8 Å². The smallest absolute Gasteiger partial charge is 0.236 e. The average molecular weight is 377 g/mol. The highest BCUT2D eigenvalue weighted by Gasteiger charge is 2.13. The highest BCUT2D eigenvalue weighted by atomic mass is 32.2. The molecule has 0 aliphatic heterocycles. The molecule has 1 heterocycles. The summed E-state index contributed by atoms with van der Waals surface area (Å²) < 4.78 is 11.2. The molecule has 6 nitrogen and oxygen atoms in total. The molecule has 8 heteroatoms. The van der Waals surface area contributed by atoms with Gasteiger partial charge in [-0.3, -0.25) is 4.79 Å². The molecule has 0 bridgehead atoms. The second kappa shape index (κ2) is 9.91. The van der Waals surface area contributed by atoms with E-state index in [1.165, 1.54) is 23.1 Å². The van der Waals surface area contributed by atoms with Gasteiger partial charge in [-0.05, 0) is 32.0 Å². The van der Waals surface area contributed by atoms with E-state index >= 15 is 0 Å². The Morgan fingerprint density at radius 2 is 2.16 bits per heavy atom. The Hall–Kier alpha value is -2.24. The van der Waals surface area contributed by atoms with Gasteiger partial charge in [0.25, 0.3) is 0 Å². The number of benzene rings is 1. The monoisotopic (exact) mass is 377 g/mol. The lowest BCUT2D eigenvalue weighted by Gasteiger charge is -2.11. The van der Waals surface area contributed by atoms with E-state index in [9.17, 15) is 4.79 Å². The molecule has 0 fully saturated rings. The normalized spacial score (nSPS) is 10.1. The SMILES string of the molecule is CCOc1ccc(OCC)c(-c2csc(NC(=O)CSCC#N)n2)c1. The average Bonchev–Trinajstić information content (AvgIpc) is 3.05. The Bertz CT molecular complexity index is 756.